The van der Waals surface area contributed by atoms with Crippen molar-refractivity contribution in [3.8, 4) is 12.3 Å². The second kappa shape index (κ2) is 5.91. The van der Waals surface area contributed by atoms with Crippen molar-refractivity contribution in [1.82, 2.24) is 4.90 Å². The molecular weight excluding hydrogens is 222 g/mol. The molecule has 0 bridgehead atoms. The third-order valence-corrected chi connectivity index (χ3v) is 4.09. The Labute approximate surface area is 110 Å². The molecule has 0 aromatic carbocycles. The van der Waals surface area contributed by atoms with Crippen LogP contribution in [0.4, 0.5) is 0 Å². The van der Waals surface area contributed by atoms with Crippen LogP contribution in [0.5, 0.6) is 0 Å². The fourth-order valence-electron chi connectivity index (χ4n) is 3.24. The van der Waals surface area contributed by atoms with E-state index in [9.17, 15) is 4.79 Å². The van der Waals surface area contributed by atoms with E-state index in [0.717, 1.165) is 25.7 Å². The lowest BCUT2D eigenvalue weighted by molar-refractivity contribution is -0.132. The number of nitrogens with zero attached hydrogens (tertiary/aromatic N) is 1. The Morgan fingerprint density at radius 1 is 1.56 bits per heavy atom. The minimum Gasteiger partial charge on any atom is -0.312 e. The Morgan fingerprint density at radius 2 is 2.39 bits per heavy atom. The van der Waals surface area contributed by atoms with Gasteiger partial charge in [0.25, 0.3) is 0 Å². The molecule has 2 aliphatic rings. The van der Waals surface area contributed by atoms with Crippen molar-refractivity contribution in [3.05, 3.63) is 24.4 Å². The molecular formula is C16H21NO. The zero-order chi connectivity index (χ0) is 13.0. The Bertz CT molecular complexity index is 402. The van der Waals surface area contributed by atoms with Gasteiger partial charge in [-0.3, -0.25) is 4.79 Å². The molecule has 1 aliphatic heterocycles. The lowest BCUT2D eigenvalue weighted by atomic mass is 9.74. The molecule has 2 unspecified atom stereocenters. The predicted octanol–water partition coefficient (Wildman–Crippen LogP) is 3.12. The summed E-state index contributed by atoms with van der Waals surface area (Å²) in [5.41, 5.74) is 1.24. The second-order valence-electron chi connectivity index (χ2n) is 5.15. The molecule has 2 nitrogen and oxygen atoms in total. The number of terminal acetylenes is 1. The van der Waals surface area contributed by atoms with Gasteiger partial charge in [0, 0.05) is 31.0 Å². The topological polar surface area (TPSA) is 20.3 Å². The van der Waals surface area contributed by atoms with E-state index in [1.165, 1.54) is 12.1 Å². The van der Waals surface area contributed by atoms with Gasteiger partial charge in [-0.25, -0.2) is 0 Å². The van der Waals surface area contributed by atoms with Crippen molar-refractivity contribution in [2.75, 3.05) is 6.54 Å². The summed E-state index contributed by atoms with van der Waals surface area (Å²) in [6.45, 7) is 4.39. The summed E-state index contributed by atoms with van der Waals surface area (Å²) in [6, 6.07) is 0. The first-order chi connectivity index (χ1) is 8.77. The van der Waals surface area contributed by atoms with Gasteiger partial charge in [0.1, 0.15) is 0 Å². The average Bonchev–Trinajstić information content (AvgIpc) is 2.39. The number of rotatable bonds is 4. The number of allylic oxidation sites excluding steroid dienone is 2. The van der Waals surface area contributed by atoms with Gasteiger partial charge in [-0.15, -0.1) is 18.9 Å². The Morgan fingerprint density at radius 3 is 3.11 bits per heavy atom. The fourth-order valence-corrected chi connectivity index (χ4v) is 3.24. The molecule has 2 rings (SSSR count). The maximum atomic E-state index is 12.0. The lowest BCUT2D eigenvalue weighted by Crippen LogP contribution is -2.41. The van der Waals surface area contributed by atoms with Crippen molar-refractivity contribution in [2.45, 2.75) is 38.5 Å². The maximum Gasteiger partial charge on any atom is 0.227 e. The van der Waals surface area contributed by atoms with Gasteiger partial charge < -0.3 is 4.90 Å². The molecule has 2 heteroatoms. The normalized spacial score (nSPS) is 27.2. The summed E-state index contributed by atoms with van der Waals surface area (Å²) < 4.78 is 0. The maximum absolute atomic E-state index is 12.0. The molecule has 0 aromatic heterocycles. The van der Waals surface area contributed by atoms with Crippen LogP contribution in [0.2, 0.25) is 0 Å². The average molecular weight is 243 g/mol. The number of amides is 1. The largest absolute Gasteiger partial charge is 0.312 e. The zero-order valence-electron chi connectivity index (χ0n) is 10.9. The molecule has 18 heavy (non-hydrogen) atoms. The number of likely N-dealkylation sites (tertiary alicyclic amines) is 1. The Hall–Kier alpha value is -1.49. The number of carbonyl (C=O) groups excluding carboxylic acids is 1. The summed E-state index contributed by atoms with van der Waals surface area (Å²) in [5.74, 6) is 4.17. The van der Waals surface area contributed by atoms with Gasteiger partial charge in [-0.2, -0.15) is 0 Å². The lowest BCUT2D eigenvalue weighted by Gasteiger charge is -2.41. The number of hydrogen-bond acceptors (Lipinski definition) is 1. The number of piperidine rings is 1. The van der Waals surface area contributed by atoms with Crippen molar-refractivity contribution in [2.24, 2.45) is 11.8 Å². The first-order valence-corrected chi connectivity index (χ1v) is 6.82. The monoisotopic (exact) mass is 243 g/mol. The molecule has 1 saturated heterocycles. The molecule has 1 aliphatic carbocycles. The molecule has 0 radical (unpaired) electrons. The van der Waals surface area contributed by atoms with Gasteiger partial charge in [0.05, 0.1) is 0 Å². The Balaban J connectivity index is 2.14. The SMILES string of the molecule is C#CCCC1CCC=C2C1CCC(=O)N2CC=C. The van der Waals surface area contributed by atoms with Gasteiger partial charge >= 0.3 is 0 Å². The third kappa shape index (κ3) is 2.51. The smallest absolute Gasteiger partial charge is 0.227 e. The highest BCUT2D eigenvalue weighted by Gasteiger charge is 2.36. The van der Waals surface area contributed by atoms with E-state index >= 15 is 0 Å². The summed E-state index contributed by atoms with van der Waals surface area (Å²) in [5, 5.41) is 0. The van der Waals surface area contributed by atoms with Crippen LogP contribution in [0.3, 0.4) is 0 Å². The van der Waals surface area contributed by atoms with Crippen LogP contribution in [-0.2, 0) is 4.79 Å². The molecule has 1 amide bonds. The molecule has 1 heterocycles. The third-order valence-electron chi connectivity index (χ3n) is 4.09. The van der Waals surface area contributed by atoms with Crippen LogP contribution < -0.4 is 0 Å². The van der Waals surface area contributed by atoms with Crippen molar-refractivity contribution < 1.29 is 4.79 Å². The Kier molecular flexibility index (Phi) is 4.25. The van der Waals surface area contributed by atoms with E-state index in [1.54, 1.807) is 0 Å². The van der Waals surface area contributed by atoms with Crippen LogP contribution in [0.15, 0.2) is 24.4 Å². The van der Waals surface area contributed by atoms with E-state index < -0.39 is 0 Å². The first kappa shape index (κ1) is 13.0. The standard InChI is InChI=1S/C16H21NO/c1-3-5-7-13-8-6-9-15-14(13)10-11-16(18)17(15)12-4-2/h1,4,9,13-14H,2,5-8,10-12H2. The minimum atomic E-state index is 0.245. The van der Waals surface area contributed by atoms with Crippen LogP contribution in [0.1, 0.15) is 38.5 Å². The van der Waals surface area contributed by atoms with Crippen molar-refractivity contribution in [1.29, 1.82) is 0 Å². The van der Waals surface area contributed by atoms with E-state index in [4.69, 9.17) is 6.42 Å². The van der Waals surface area contributed by atoms with E-state index in [2.05, 4.69) is 18.6 Å². The molecule has 0 N–H and O–H groups in total. The van der Waals surface area contributed by atoms with E-state index in [-0.39, 0.29) is 5.91 Å². The van der Waals surface area contributed by atoms with Crippen LogP contribution in [0.25, 0.3) is 0 Å². The summed E-state index contributed by atoms with van der Waals surface area (Å²) >= 11 is 0. The molecule has 96 valence electrons. The van der Waals surface area contributed by atoms with Crippen LogP contribution in [-0.4, -0.2) is 17.4 Å². The van der Waals surface area contributed by atoms with Gasteiger partial charge in [0.15, 0.2) is 0 Å². The molecule has 0 spiro atoms. The molecule has 2 atom stereocenters. The summed E-state index contributed by atoms with van der Waals surface area (Å²) in [4.78, 5) is 13.9. The first-order valence-electron chi connectivity index (χ1n) is 6.82. The molecule has 1 fully saturated rings. The highest BCUT2D eigenvalue weighted by Crippen LogP contribution is 2.41. The second-order valence-corrected chi connectivity index (χ2v) is 5.15. The minimum absolute atomic E-state index is 0.245. The van der Waals surface area contributed by atoms with E-state index in [1.807, 2.05) is 11.0 Å². The summed E-state index contributed by atoms with van der Waals surface area (Å²) in [7, 11) is 0. The predicted molar refractivity (Wildman–Crippen MR) is 73.5 cm³/mol. The van der Waals surface area contributed by atoms with Gasteiger partial charge in [0.2, 0.25) is 5.91 Å². The molecule has 0 saturated carbocycles. The summed E-state index contributed by atoms with van der Waals surface area (Å²) in [6.07, 6.45) is 15.3. The quantitative estimate of drug-likeness (QED) is 0.549. The van der Waals surface area contributed by atoms with Gasteiger partial charge in [-0.1, -0.05) is 12.2 Å². The zero-order valence-corrected chi connectivity index (χ0v) is 10.9. The number of hydrogen-bond donors (Lipinski definition) is 0. The fraction of sp³-hybridized carbons (Fsp3) is 0.562. The molecule has 0 aromatic rings. The number of fused-ring (bicyclic) bond motifs is 1. The van der Waals surface area contributed by atoms with Crippen LogP contribution >= 0.6 is 0 Å². The highest BCUT2D eigenvalue weighted by molar-refractivity contribution is 5.79. The van der Waals surface area contributed by atoms with Gasteiger partial charge in [-0.05, 0) is 31.6 Å². The van der Waals surface area contributed by atoms with Crippen LogP contribution in [0, 0.1) is 24.2 Å². The van der Waals surface area contributed by atoms with E-state index in [0.29, 0.717) is 24.8 Å². The van der Waals surface area contributed by atoms with Crippen molar-refractivity contribution in [3.63, 3.8) is 0 Å². The highest BCUT2D eigenvalue weighted by atomic mass is 16.2. The van der Waals surface area contributed by atoms with Crippen molar-refractivity contribution >= 4 is 5.91 Å². The number of carbonyl (C=O) groups is 1.